The van der Waals surface area contributed by atoms with Crippen LogP contribution in [0.1, 0.15) is 27.0 Å². The first-order chi connectivity index (χ1) is 9.58. The zero-order chi connectivity index (χ0) is 14.3. The van der Waals surface area contributed by atoms with Crippen LogP contribution in [0.2, 0.25) is 0 Å². The van der Waals surface area contributed by atoms with Crippen molar-refractivity contribution in [1.82, 2.24) is 4.98 Å². The van der Waals surface area contributed by atoms with Gasteiger partial charge in [-0.1, -0.05) is 23.8 Å². The Kier molecular flexibility index (Phi) is 3.38. The Bertz CT molecular complexity index is 817. The van der Waals surface area contributed by atoms with E-state index in [0.29, 0.717) is 0 Å². The second-order valence-electron chi connectivity index (χ2n) is 5.02. The van der Waals surface area contributed by atoms with Crippen molar-refractivity contribution in [1.29, 1.82) is 0 Å². The van der Waals surface area contributed by atoms with Crippen LogP contribution >= 0.6 is 22.6 Å². The van der Waals surface area contributed by atoms with Crippen molar-refractivity contribution in [3.05, 3.63) is 68.4 Å². The quantitative estimate of drug-likeness (QED) is 0.515. The number of hydrogen-bond donors (Lipinski definition) is 1. The number of nitrogens with one attached hydrogen (secondary N) is 1. The number of aromatic amines is 1. The van der Waals surface area contributed by atoms with Crippen LogP contribution in [-0.2, 0) is 0 Å². The van der Waals surface area contributed by atoms with E-state index in [1.54, 1.807) is 0 Å². The summed E-state index contributed by atoms with van der Waals surface area (Å²) < 4.78 is 1.03. The van der Waals surface area contributed by atoms with Gasteiger partial charge in [0.1, 0.15) is 0 Å². The number of fused-ring (bicyclic) bond motifs is 1. The maximum atomic E-state index is 12.8. The predicted molar refractivity (Wildman–Crippen MR) is 90.4 cm³/mol. The van der Waals surface area contributed by atoms with E-state index >= 15 is 0 Å². The van der Waals surface area contributed by atoms with E-state index in [1.807, 2.05) is 50.4 Å². The van der Waals surface area contributed by atoms with Gasteiger partial charge in [0.2, 0.25) is 0 Å². The molecule has 20 heavy (non-hydrogen) atoms. The van der Waals surface area contributed by atoms with E-state index in [-0.39, 0.29) is 5.78 Å². The Labute approximate surface area is 131 Å². The third-order valence-electron chi connectivity index (χ3n) is 3.52. The van der Waals surface area contributed by atoms with Crippen LogP contribution in [0.5, 0.6) is 0 Å². The minimum atomic E-state index is 0.0787. The molecule has 0 spiro atoms. The van der Waals surface area contributed by atoms with Gasteiger partial charge in [-0.2, -0.15) is 0 Å². The van der Waals surface area contributed by atoms with Gasteiger partial charge in [0.15, 0.2) is 5.78 Å². The number of benzene rings is 2. The molecule has 100 valence electrons. The summed E-state index contributed by atoms with van der Waals surface area (Å²) in [6.07, 6.45) is 1.81. The molecule has 1 N–H and O–H groups in total. The molecule has 0 aliphatic rings. The van der Waals surface area contributed by atoms with Gasteiger partial charge >= 0.3 is 0 Å². The maximum Gasteiger partial charge on any atom is 0.196 e. The van der Waals surface area contributed by atoms with Gasteiger partial charge in [-0.05, 0) is 60.2 Å². The average molecular weight is 375 g/mol. The van der Waals surface area contributed by atoms with Crippen LogP contribution in [0.25, 0.3) is 10.9 Å². The largest absolute Gasteiger partial charge is 0.360 e. The van der Waals surface area contributed by atoms with Gasteiger partial charge in [0, 0.05) is 31.8 Å². The minimum absolute atomic E-state index is 0.0787. The van der Waals surface area contributed by atoms with Crippen molar-refractivity contribution in [2.75, 3.05) is 0 Å². The number of hydrogen-bond acceptors (Lipinski definition) is 1. The van der Waals surface area contributed by atoms with Crippen molar-refractivity contribution in [3.63, 3.8) is 0 Å². The number of aromatic nitrogens is 1. The van der Waals surface area contributed by atoms with Gasteiger partial charge in [0.25, 0.3) is 0 Å². The molecule has 1 aromatic heterocycles. The molecule has 0 aliphatic carbocycles. The molecule has 0 saturated heterocycles. The summed E-state index contributed by atoms with van der Waals surface area (Å²) in [5, 5.41) is 0.993. The van der Waals surface area contributed by atoms with Crippen molar-refractivity contribution in [2.24, 2.45) is 0 Å². The number of H-pyrrole nitrogens is 1. The number of rotatable bonds is 2. The van der Waals surface area contributed by atoms with Gasteiger partial charge in [-0.3, -0.25) is 4.79 Å². The lowest BCUT2D eigenvalue weighted by Crippen LogP contribution is -2.04. The first-order valence-corrected chi connectivity index (χ1v) is 7.53. The Morgan fingerprint density at radius 3 is 2.70 bits per heavy atom. The third kappa shape index (κ3) is 2.16. The molecular weight excluding hydrogens is 361 g/mol. The van der Waals surface area contributed by atoms with Crippen molar-refractivity contribution >= 4 is 39.3 Å². The molecule has 0 radical (unpaired) electrons. The zero-order valence-corrected chi connectivity index (χ0v) is 13.5. The molecule has 1 heterocycles. The number of halogens is 1. The molecule has 0 aliphatic heterocycles. The molecule has 3 heteroatoms. The Morgan fingerprint density at radius 2 is 1.90 bits per heavy atom. The van der Waals surface area contributed by atoms with E-state index in [4.69, 9.17) is 0 Å². The van der Waals surface area contributed by atoms with Crippen molar-refractivity contribution < 1.29 is 4.79 Å². The molecule has 0 bridgehead atoms. The Balaban J connectivity index is 2.18. The third-order valence-corrected chi connectivity index (χ3v) is 4.95. The summed E-state index contributed by atoms with van der Waals surface area (Å²) >= 11 is 2.24. The standard InChI is InChI=1S/C17H14INO/c1-10-6-7-15-13(8-10)14(9-19-15)17(20)12-5-3-4-11(2)16(12)18/h3-9,19H,1-2H3. The predicted octanol–water partition coefficient (Wildman–Crippen LogP) is 4.62. The lowest BCUT2D eigenvalue weighted by Gasteiger charge is -2.05. The minimum Gasteiger partial charge on any atom is -0.360 e. The topological polar surface area (TPSA) is 32.9 Å². The van der Waals surface area contributed by atoms with E-state index < -0.39 is 0 Å². The fraction of sp³-hybridized carbons (Fsp3) is 0.118. The highest BCUT2D eigenvalue weighted by Gasteiger charge is 2.17. The fourth-order valence-electron chi connectivity index (χ4n) is 2.39. The van der Waals surface area contributed by atoms with Crippen LogP contribution in [-0.4, -0.2) is 10.8 Å². The zero-order valence-electron chi connectivity index (χ0n) is 11.3. The van der Waals surface area contributed by atoms with Gasteiger partial charge in [-0.25, -0.2) is 0 Å². The van der Waals surface area contributed by atoms with E-state index in [0.717, 1.165) is 36.7 Å². The second kappa shape index (κ2) is 5.05. The highest BCUT2D eigenvalue weighted by Crippen LogP contribution is 2.25. The molecule has 3 aromatic rings. The first kappa shape index (κ1) is 13.4. The summed E-state index contributed by atoms with van der Waals surface area (Å²) in [5.74, 6) is 0.0787. The molecule has 0 atom stereocenters. The van der Waals surface area contributed by atoms with E-state index in [1.165, 1.54) is 0 Å². The van der Waals surface area contributed by atoms with E-state index in [9.17, 15) is 4.79 Å². The monoisotopic (exact) mass is 375 g/mol. The average Bonchev–Trinajstić information content (AvgIpc) is 2.84. The van der Waals surface area contributed by atoms with Gasteiger partial charge in [-0.15, -0.1) is 0 Å². The molecule has 0 amide bonds. The van der Waals surface area contributed by atoms with Crippen molar-refractivity contribution in [3.8, 4) is 0 Å². The summed E-state index contributed by atoms with van der Waals surface area (Å²) in [6.45, 7) is 4.06. The second-order valence-corrected chi connectivity index (χ2v) is 6.10. The Hall–Kier alpha value is -1.62. The molecule has 2 aromatic carbocycles. The molecule has 2 nitrogen and oxygen atoms in total. The van der Waals surface area contributed by atoms with E-state index in [2.05, 4.69) is 33.6 Å². The highest BCUT2D eigenvalue weighted by molar-refractivity contribution is 14.1. The van der Waals surface area contributed by atoms with Gasteiger partial charge < -0.3 is 4.98 Å². The number of carbonyl (C=O) groups is 1. The lowest BCUT2D eigenvalue weighted by molar-refractivity contribution is 0.103. The number of ketones is 1. The summed E-state index contributed by atoms with van der Waals surface area (Å²) in [4.78, 5) is 16.0. The highest BCUT2D eigenvalue weighted by atomic mass is 127. The smallest absolute Gasteiger partial charge is 0.196 e. The summed E-state index contributed by atoms with van der Waals surface area (Å²) in [7, 11) is 0. The normalized spacial score (nSPS) is 10.9. The molecule has 0 unspecified atom stereocenters. The summed E-state index contributed by atoms with van der Waals surface area (Å²) in [6, 6.07) is 12.0. The van der Waals surface area contributed by atoms with Crippen LogP contribution in [0.4, 0.5) is 0 Å². The first-order valence-electron chi connectivity index (χ1n) is 6.45. The van der Waals surface area contributed by atoms with Crippen LogP contribution in [0.15, 0.2) is 42.6 Å². The molecular formula is C17H14INO. The summed E-state index contributed by atoms with van der Waals surface area (Å²) in [5.41, 5.74) is 4.80. The molecule has 0 saturated carbocycles. The lowest BCUT2D eigenvalue weighted by atomic mass is 10.0. The fourth-order valence-corrected chi connectivity index (χ4v) is 2.99. The maximum absolute atomic E-state index is 12.8. The molecule has 3 rings (SSSR count). The number of carbonyl (C=O) groups excluding carboxylic acids is 1. The van der Waals surface area contributed by atoms with Crippen LogP contribution in [0, 0.1) is 17.4 Å². The Morgan fingerprint density at radius 1 is 1.10 bits per heavy atom. The molecule has 0 fully saturated rings. The number of aryl methyl sites for hydroxylation is 2. The van der Waals surface area contributed by atoms with Gasteiger partial charge in [0.05, 0.1) is 0 Å². The van der Waals surface area contributed by atoms with Crippen LogP contribution in [0.3, 0.4) is 0 Å². The van der Waals surface area contributed by atoms with Crippen LogP contribution < -0.4 is 0 Å². The SMILES string of the molecule is Cc1ccc2[nH]cc(C(=O)c3cccc(C)c3I)c2c1. The van der Waals surface area contributed by atoms with Crippen molar-refractivity contribution in [2.45, 2.75) is 13.8 Å².